The lowest BCUT2D eigenvalue weighted by Gasteiger charge is -1.91. The van der Waals surface area contributed by atoms with E-state index >= 15 is 0 Å². The molecule has 0 unspecified atom stereocenters. The van der Waals surface area contributed by atoms with Crippen LogP contribution in [0.1, 0.15) is 12.6 Å². The standard InChI is InChI=1S/C8H8N2O/c1-2-6-3-4-7-8(10-6)9-5-11-7/h3-5H,2H2,1H3. The molecule has 0 bridgehead atoms. The minimum atomic E-state index is 0.698. The summed E-state index contributed by atoms with van der Waals surface area (Å²) in [5.41, 5.74) is 2.50. The van der Waals surface area contributed by atoms with Crippen LogP contribution in [0, 0.1) is 0 Å². The summed E-state index contributed by atoms with van der Waals surface area (Å²) in [5.74, 6) is 0. The number of aryl methyl sites for hydroxylation is 1. The predicted molar refractivity (Wildman–Crippen MR) is 41.2 cm³/mol. The first-order chi connectivity index (χ1) is 5.40. The Labute approximate surface area is 64.1 Å². The SMILES string of the molecule is CCc1ccc2ocnc2n1. The van der Waals surface area contributed by atoms with E-state index < -0.39 is 0 Å². The van der Waals surface area contributed by atoms with Crippen LogP contribution in [0.3, 0.4) is 0 Å². The number of fused-ring (bicyclic) bond motifs is 1. The van der Waals surface area contributed by atoms with Gasteiger partial charge < -0.3 is 4.42 Å². The van der Waals surface area contributed by atoms with Crippen LogP contribution < -0.4 is 0 Å². The Morgan fingerprint density at radius 3 is 3.18 bits per heavy atom. The molecule has 0 aliphatic carbocycles. The van der Waals surface area contributed by atoms with Gasteiger partial charge in [0.15, 0.2) is 17.6 Å². The van der Waals surface area contributed by atoms with E-state index in [9.17, 15) is 0 Å². The Morgan fingerprint density at radius 1 is 1.45 bits per heavy atom. The molecule has 11 heavy (non-hydrogen) atoms. The molecule has 0 amide bonds. The quantitative estimate of drug-likeness (QED) is 0.618. The molecule has 2 heterocycles. The zero-order valence-corrected chi connectivity index (χ0v) is 6.24. The molecule has 0 aliphatic rings. The van der Waals surface area contributed by atoms with E-state index in [4.69, 9.17) is 4.42 Å². The van der Waals surface area contributed by atoms with Gasteiger partial charge in [-0.3, -0.25) is 0 Å². The van der Waals surface area contributed by atoms with Crippen LogP contribution >= 0.6 is 0 Å². The van der Waals surface area contributed by atoms with Crippen molar-refractivity contribution >= 4 is 11.2 Å². The van der Waals surface area contributed by atoms with Gasteiger partial charge in [-0.05, 0) is 18.6 Å². The maximum Gasteiger partial charge on any atom is 0.198 e. The number of nitrogens with zero attached hydrogens (tertiary/aromatic N) is 2. The summed E-state index contributed by atoms with van der Waals surface area (Å²) in [6.45, 7) is 2.06. The van der Waals surface area contributed by atoms with Gasteiger partial charge in [-0.25, -0.2) is 4.98 Å². The highest BCUT2D eigenvalue weighted by atomic mass is 16.3. The highest BCUT2D eigenvalue weighted by Gasteiger charge is 1.98. The number of hydrogen-bond acceptors (Lipinski definition) is 3. The van der Waals surface area contributed by atoms with Gasteiger partial charge in [0.05, 0.1) is 0 Å². The predicted octanol–water partition coefficient (Wildman–Crippen LogP) is 1.79. The lowest BCUT2D eigenvalue weighted by molar-refractivity contribution is 0.602. The van der Waals surface area contributed by atoms with E-state index in [1.165, 1.54) is 6.39 Å². The first-order valence-corrected chi connectivity index (χ1v) is 3.59. The summed E-state index contributed by atoms with van der Waals surface area (Å²) in [6, 6.07) is 3.85. The van der Waals surface area contributed by atoms with E-state index in [0.717, 1.165) is 17.7 Å². The van der Waals surface area contributed by atoms with Crippen molar-refractivity contribution in [3.05, 3.63) is 24.2 Å². The lowest BCUT2D eigenvalue weighted by atomic mass is 10.3. The Bertz CT molecular complexity index is 367. The Hall–Kier alpha value is -1.38. The number of rotatable bonds is 1. The summed E-state index contributed by atoms with van der Waals surface area (Å²) in [7, 11) is 0. The highest BCUT2D eigenvalue weighted by Crippen LogP contribution is 2.09. The van der Waals surface area contributed by atoms with Crippen LogP contribution in [0.5, 0.6) is 0 Å². The smallest absolute Gasteiger partial charge is 0.198 e. The molecule has 56 valence electrons. The molecule has 0 spiro atoms. The van der Waals surface area contributed by atoms with Gasteiger partial charge in [-0.2, -0.15) is 4.98 Å². The van der Waals surface area contributed by atoms with Crippen LogP contribution in [0.25, 0.3) is 11.2 Å². The van der Waals surface area contributed by atoms with Gasteiger partial charge >= 0.3 is 0 Å². The molecular formula is C8H8N2O. The minimum absolute atomic E-state index is 0.698. The molecule has 0 aliphatic heterocycles. The third kappa shape index (κ3) is 0.981. The third-order valence-corrected chi connectivity index (χ3v) is 1.61. The lowest BCUT2D eigenvalue weighted by Crippen LogP contribution is -1.85. The second kappa shape index (κ2) is 2.34. The molecule has 0 aromatic carbocycles. The maximum atomic E-state index is 5.04. The first-order valence-electron chi connectivity index (χ1n) is 3.59. The van der Waals surface area contributed by atoms with Crippen molar-refractivity contribution in [2.75, 3.05) is 0 Å². The molecule has 2 aromatic heterocycles. The largest absolute Gasteiger partial charge is 0.442 e. The average Bonchev–Trinajstić information content (AvgIpc) is 2.50. The molecule has 2 rings (SSSR count). The molecule has 3 nitrogen and oxygen atoms in total. The topological polar surface area (TPSA) is 38.9 Å². The molecule has 0 saturated carbocycles. The molecule has 0 radical (unpaired) electrons. The molecule has 0 fully saturated rings. The summed E-state index contributed by atoms with van der Waals surface area (Å²) in [6.07, 6.45) is 2.35. The van der Waals surface area contributed by atoms with Crippen LogP contribution in [0.4, 0.5) is 0 Å². The minimum Gasteiger partial charge on any atom is -0.442 e. The summed E-state index contributed by atoms with van der Waals surface area (Å²) < 4.78 is 5.04. The summed E-state index contributed by atoms with van der Waals surface area (Å²) in [5, 5.41) is 0. The van der Waals surface area contributed by atoms with Crippen molar-refractivity contribution in [3.63, 3.8) is 0 Å². The maximum absolute atomic E-state index is 5.04. The van der Waals surface area contributed by atoms with Gasteiger partial charge in [0.2, 0.25) is 0 Å². The van der Waals surface area contributed by atoms with Crippen LogP contribution in [0.15, 0.2) is 22.9 Å². The molecule has 0 saturated heterocycles. The second-order valence-corrected chi connectivity index (χ2v) is 2.33. The number of hydrogen-bond donors (Lipinski definition) is 0. The number of aromatic nitrogens is 2. The van der Waals surface area contributed by atoms with Crippen molar-refractivity contribution in [2.45, 2.75) is 13.3 Å². The van der Waals surface area contributed by atoms with Crippen molar-refractivity contribution in [1.29, 1.82) is 0 Å². The fourth-order valence-corrected chi connectivity index (χ4v) is 0.989. The van der Waals surface area contributed by atoms with E-state index in [1.807, 2.05) is 12.1 Å². The fourth-order valence-electron chi connectivity index (χ4n) is 0.989. The number of oxazole rings is 1. The van der Waals surface area contributed by atoms with Crippen molar-refractivity contribution < 1.29 is 4.42 Å². The van der Waals surface area contributed by atoms with E-state index in [2.05, 4.69) is 16.9 Å². The monoisotopic (exact) mass is 148 g/mol. The highest BCUT2D eigenvalue weighted by molar-refractivity contribution is 5.66. The summed E-state index contributed by atoms with van der Waals surface area (Å²) in [4.78, 5) is 8.20. The third-order valence-electron chi connectivity index (χ3n) is 1.61. The van der Waals surface area contributed by atoms with E-state index in [1.54, 1.807) is 0 Å². The Kier molecular flexibility index (Phi) is 1.35. The molecule has 3 heteroatoms. The van der Waals surface area contributed by atoms with E-state index in [-0.39, 0.29) is 0 Å². The molecular weight excluding hydrogens is 140 g/mol. The first kappa shape index (κ1) is 6.34. The molecule has 0 N–H and O–H groups in total. The van der Waals surface area contributed by atoms with Gasteiger partial charge in [0.25, 0.3) is 0 Å². The van der Waals surface area contributed by atoms with Crippen LogP contribution in [0.2, 0.25) is 0 Å². The van der Waals surface area contributed by atoms with Crippen molar-refractivity contribution in [3.8, 4) is 0 Å². The molecule has 2 aromatic rings. The Balaban J connectivity index is 2.67. The molecule has 0 atom stereocenters. The van der Waals surface area contributed by atoms with Crippen molar-refractivity contribution in [2.24, 2.45) is 0 Å². The fraction of sp³-hybridized carbons (Fsp3) is 0.250. The van der Waals surface area contributed by atoms with Gasteiger partial charge in [0.1, 0.15) is 0 Å². The van der Waals surface area contributed by atoms with Crippen LogP contribution in [-0.4, -0.2) is 9.97 Å². The normalized spacial score (nSPS) is 10.6. The average molecular weight is 148 g/mol. The van der Waals surface area contributed by atoms with Crippen molar-refractivity contribution in [1.82, 2.24) is 9.97 Å². The number of pyridine rings is 1. The van der Waals surface area contributed by atoms with Gasteiger partial charge in [-0.15, -0.1) is 0 Å². The second-order valence-electron chi connectivity index (χ2n) is 2.33. The summed E-state index contributed by atoms with van der Waals surface area (Å²) >= 11 is 0. The Morgan fingerprint density at radius 2 is 2.36 bits per heavy atom. The van der Waals surface area contributed by atoms with Crippen LogP contribution in [-0.2, 0) is 6.42 Å². The zero-order valence-electron chi connectivity index (χ0n) is 6.24. The van der Waals surface area contributed by atoms with E-state index in [0.29, 0.717) is 5.65 Å². The zero-order chi connectivity index (χ0) is 7.68. The van der Waals surface area contributed by atoms with Gasteiger partial charge in [-0.1, -0.05) is 6.92 Å². The van der Waals surface area contributed by atoms with Gasteiger partial charge in [0, 0.05) is 5.69 Å².